The smallest absolute Gasteiger partial charge is 0.262 e. The van der Waals surface area contributed by atoms with E-state index in [4.69, 9.17) is 9.47 Å². The lowest BCUT2D eigenvalue weighted by atomic mass is 10.1. The highest BCUT2D eigenvalue weighted by molar-refractivity contribution is 5.95. The number of hydrogen-bond acceptors (Lipinski definition) is 5. The molecule has 8 nitrogen and oxygen atoms in total. The normalized spacial score (nSPS) is 11.4. The number of aryl methyl sites for hydroxylation is 1. The zero-order chi connectivity index (χ0) is 24.6. The number of nitrogens with one attached hydrogen (secondary N) is 2. The van der Waals surface area contributed by atoms with Crippen molar-refractivity contribution < 1.29 is 19.1 Å². The first-order chi connectivity index (χ1) is 17.0. The maximum atomic E-state index is 13.0. The molecule has 0 fully saturated rings. The van der Waals surface area contributed by atoms with Gasteiger partial charge in [-0.1, -0.05) is 36.4 Å². The number of aromatic nitrogens is 2. The number of hydrogen-bond donors (Lipinski definition) is 2. The van der Waals surface area contributed by atoms with Gasteiger partial charge in [0.2, 0.25) is 0 Å². The first-order valence-corrected chi connectivity index (χ1v) is 11.0. The number of amides is 2. The molecule has 0 aliphatic carbocycles. The standard InChI is InChI=1S/C27H26N4O4/c1-31-16-15-28-26(31)25(19-7-4-3-5-8-19)30-27(33)20-11-13-22(14-12-20)35-18-24(32)29-21-9-6-10-23(17-21)34-2/h3-17,25H,18H2,1-2H3,(H,29,32)(H,30,33). The summed E-state index contributed by atoms with van der Waals surface area (Å²) in [7, 11) is 3.45. The molecule has 0 saturated heterocycles. The van der Waals surface area contributed by atoms with Gasteiger partial charge in [0.05, 0.1) is 7.11 Å². The summed E-state index contributed by atoms with van der Waals surface area (Å²) in [6.07, 6.45) is 3.54. The molecule has 8 heteroatoms. The van der Waals surface area contributed by atoms with Crippen molar-refractivity contribution in [2.45, 2.75) is 6.04 Å². The summed E-state index contributed by atoms with van der Waals surface area (Å²) in [4.78, 5) is 29.6. The second-order valence-corrected chi connectivity index (χ2v) is 7.81. The second kappa shape index (κ2) is 11.0. The minimum absolute atomic E-state index is 0.169. The summed E-state index contributed by atoms with van der Waals surface area (Å²) in [6.45, 7) is -0.169. The number of imidazole rings is 1. The maximum absolute atomic E-state index is 13.0. The fourth-order valence-electron chi connectivity index (χ4n) is 3.56. The van der Waals surface area contributed by atoms with Gasteiger partial charge in [-0.15, -0.1) is 0 Å². The Morgan fingerprint density at radius 3 is 2.43 bits per heavy atom. The number of carbonyl (C=O) groups excluding carboxylic acids is 2. The Kier molecular flexibility index (Phi) is 7.42. The van der Waals surface area contributed by atoms with Crippen molar-refractivity contribution in [2.24, 2.45) is 7.05 Å². The highest BCUT2D eigenvalue weighted by atomic mass is 16.5. The summed E-state index contributed by atoms with van der Waals surface area (Å²) >= 11 is 0. The van der Waals surface area contributed by atoms with Crippen LogP contribution in [0.2, 0.25) is 0 Å². The molecule has 178 valence electrons. The molecule has 4 aromatic rings. The van der Waals surface area contributed by atoms with Crippen LogP contribution in [0.15, 0.2) is 91.3 Å². The lowest BCUT2D eigenvalue weighted by molar-refractivity contribution is -0.118. The monoisotopic (exact) mass is 470 g/mol. The van der Waals surface area contributed by atoms with Crippen LogP contribution >= 0.6 is 0 Å². The molecule has 0 aliphatic heterocycles. The Labute approximate surface area is 203 Å². The molecule has 0 spiro atoms. The van der Waals surface area contributed by atoms with E-state index in [1.807, 2.05) is 48.1 Å². The van der Waals surface area contributed by atoms with Gasteiger partial charge in [-0.25, -0.2) is 4.98 Å². The third kappa shape index (κ3) is 6.05. The first-order valence-electron chi connectivity index (χ1n) is 11.0. The van der Waals surface area contributed by atoms with E-state index in [0.29, 0.717) is 22.7 Å². The minimum atomic E-state index is -0.403. The molecule has 4 rings (SSSR count). The topological polar surface area (TPSA) is 94.5 Å². The van der Waals surface area contributed by atoms with Gasteiger partial charge in [0, 0.05) is 36.8 Å². The van der Waals surface area contributed by atoms with E-state index in [0.717, 1.165) is 11.4 Å². The number of rotatable bonds is 9. The van der Waals surface area contributed by atoms with Crippen molar-refractivity contribution in [1.82, 2.24) is 14.9 Å². The lowest BCUT2D eigenvalue weighted by Gasteiger charge is -2.19. The molecule has 2 amide bonds. The Bertz CT molecular complexity index is 1290. The van der Waals surface area contributed by atoms with Crippen LogP contribution in [-0.4, -0.2) is 35.1 Å². The molecule has 0 saturated carbocycles. The fraction of sp³-hybridized carbons (Fsp3) is 0.148. The average Bonchev–Trinajstić information content (AvgIpc) is 3.32. The number of methoxy groups -OCH3 is 1. The molecule has 0 radical (unpaired) electrons. The van der Waals surface area contributed by atoms with Crippen molar-refractivity contribution in [1.29, 1.82) is 0 Å². The van der Waals surface area contributed by atoms with Crippen molar-refractivity contribution in [3.8, 4) is 11.5 Å². The van der Waals surface area contributed by atoms with Crippen molar-refractivity contribution >= 4 is 17.5 Å². The van der Waals surface area contributed by atoms with Crippen molar-refractivity contribution in [2.75, 3.05) is 19.0 Å². The Morgan fingerprint density at radius 2 is 1.74 bits per heavy atom. The SMILES string of the molecule is COc1cccc(NC(=O)COc2ccc(C(=O)NC(c3ccccc3)c3nccn3C)cc2)c1. The van der Waals surface area contributed by atoms with Crippen LogP contribution in [0.5, 0.6) is 11.5 Å². The molecule has 1 atom stereocenters. The van der Waals surface area contributed by atoms with Gasteiger partial charge in [-0.3, -0.25) is 9.59 Å². The van der Waals surface area contributed by atoms with Gasteiger partial charge in [-0.2, -0.15) is 0 Å². The highest BCUT2D eigenvalue weighted by Crippen LogP contribution is 2.22. The summed E-state index contributed by atoms with van der Waals surface area (Å²) in [5.41, 5.74) is 2.01. The first kappa shape index (κ1) is 23.6. The Morgan fingerprint density at radius 1 is 0.971 bits per heavy atom. The quantitative estimate of drug-likeness (QED) is 0.386. The zero-order valence-electron chi connectivity index (χ0n) is 19.5. The number of benzene rings is 3. The van der Waals surface area contributed by atoms with E-state index >= 15 is 0 Å². The highest BCUT2D eigenvalue weighted by Gasteiger charge is 2.21. The molecule has 2 N–H and O–H groups in total. The van der Waals surface area contributed by atoms with E-state index in [9.17, 15) is 9.59 Å². The number of ether oxygens (including phenoxy) is 2. The summed E-state index contributed by atoms with van der Waals surface area (Å²) in [5, 5.41) is 5.82. The van der Waals surface area contributed by atoms with Gasteiger partial charge in [0.15, 0.2) is 6.61 Å². The summed E-state index contributed by atoms with van der Waals surface area (Å²) in [6, 6.07) is 23.0. The fourth-order valence-corrected chi connectivity index (χ4v) is 3.56. The molecule has 0 aliphatic rings. The Balaban J connectivity index is 1.37. The molecular formula is C27H26N4O4. The number of anilines is 1. The average molecular weight is 471 g/mol. The molecular weight excluding hydrogens is 444 g/mol. The zero-order valence-corrected chi connectivity index (χ0v) is 19.5. The second-order valence-electron chi connectivity index (χ2n) is 7.81. The molecule has 0 bridgehead atoms. The predicted molar refractivity (Wildman–Crippen MR) is 133 cm³/mol. The van der Waals surface area contributed by atoms with Gasteiger partial charge >= 0.3 is 0 Å². The van der Waals surface area contributed by atoms with Gasteiger partial charge < -0.3 is 24.7 Å². The number of carbonyl (C=O) groups is 2. The van der Waals surface area contributed by atoms with E-state index in [1.165, 1.54) is 0 Å². The van der Waals surface area contributed by atoms with E-state index in [1.54, 1.807) is 61.8 Å². The van der Waals surface area contributed by atoms with Crippen LogP contribution in [0, 0.1) is 0 Å². The van der Waals surface area contributed by atoms with Gasteiger partial charge in [0.1, 0.15) is 23.4 Å². The third-order valence-corrected chi connectivity index (χ3v) is 5.36. The van der Waals surface area contributed by atoms with Crippen LogP contribution in [0.1, 0.15) is 27.8 Å². The van der Waals surface area contributed by atoms with Crippen molar-refractivity contribution in [3.05, 3.63) is 108 Å². The van der Waals surface area contributed by atoms with Crippen LogP contribution in [0.25, 0.3) is 0 Å². The van der Waals surface area contributed by atoms with Gasteiger partial charge in [0.25, 0.3) is 11.8 Å². The summed E-state index contributed by atoms with van der Waals surface area (Å²) < 4.78 is 12.6. The van der Waals surface area contributed by atoms with E-state index < -0.39 is 6.04 Å². The van der Waals surface area contributed by atoms with Crippen molar-refractivity contribution in [3.63, 3.8) is 0 Å². The predicted octanol–water partition coefficient (Wildman–Crippen LogP) is 3.97. The van der Waals surface area contributed by atoms with Crippen LogP contribution in [0.4, 0.5) is 5.69 Å². The molecule has 1 heterocycles. The van der Waals surface area contributed by atoms with Crippen LogP contribution < -0.4 is 20.1 Å². The van der Waals surface area contributed by atoms with Gasteiger partial charge in [-0.05, 0) is 42.0 Å². The van der Waals surface area contributed by atoms with E-state index in [2.05, 4.69) is 15.6 Å². The minimum Gasteiger partial charge on any atom is -0.497 e. The maximum Gasteiger partial charge on any atom is 0.262 e. The summed E-state index contributed by atoms with van der Waals surface area (Å²) in [5.74, 6) is 1.30. The number of nitrogens with zero attached hydrogens (tertiary/aromatic N) is 2. The molecule has 35 heavy (non-hydrogen) atoms. The Hall–Kier alpha value is -4.59. The molecule has 3 aromatic carbocycles. The molecule has 1 aromatic heterocycles. The van der Waals surface area contributed by atoms with Crippen LogP contribution in [0.3, 0.4) is 0 Å². The van der Waals surface area contributed by atoms with Crippen LogP contribution in [-0.2, 0) is 11.8 Å². The third-order valence-electron chi connectivity index (χ3n) is 5.36. The lowest BCUT2D eigenvalue weighted by Crippen LogP contribution is -2.31. The molecule has 1 unspecified atom stereocenters. The van der Waals surface area contributed by atoms with E-state index in [-0.39, 0.29) is 18.4 Å². The largest absolute Gasteiger partial charge is 0.497 e.